The van der Waals surface area contributed by atoms with E-state index in [0.29, 0.717) is 11.5 Å². The van der Waals surface area contributed by atoms with E-state index < -0.39 is 22.9 Å². The van der Waals surface area contributed by atoms with Crippen molar-refractivity contribution in [1.82, 2.24) is 15.7 Å². The summed E-state index contributed by atoms with van der Waals surface area (Å²) in [5.74, 6) is -1.31. The summed E-state index contributed by atoms with van der Waals surface area (Å²) < 4.78 is 0. The molecule has 0 radical (unpaired) electrons. The van der Waals surface area contributed by atoms with Crippen molar-refractivity contribution < 1.29 is 19.6 Å². The third-order valence-corrected chi connectivity index (χ3v) is 5.88. The Labute approximate surface area is 205 Å². The van der Waals surface area contributed by atoms with Crippen LogP contribution in [0.1, 0.15) is 80.2 Å². The maximum absolute atomic E-state index is 13.5. The molecule has 2 atom stereocenters. The summed E-state index contributed by atoms with van der Waals surface area (Å²) in [6, 6.07) is 8.65. The number of carbonyl (C=O) groups excluding carboxylic acids is 3. The van der Waals surface area contributed by atoms with Gasteiger partial charge < -0.3 is 10.6 Å². The molecule has 0 saturated carbocycles. The number of hydroxylamine groups is 2. The lowest BCUT2D eigenvalue weighted by atomic mass is 9.78. The molecule has 0 aliphatic heterocycles. The zero-order valence-corrected chi connectivity index (χ0v) is 22.3. The van der Waals surface area contributed by atoms with Crippen LogP contribution in [0.15, 0.2) is 30.3 Å². The molecule has 0 aromatic heterocycles. The second-order valence-corrected chi connectivity index (χ2v) is 11.9. The fourth-order valence-electron chi connectivity index (χ4n) is 4.85. The van der Waals surface area contributed by atoms with Crippen LogP contribution in [-0.4, -0.2) is 46.6 Å². The molecule has 1 unspecified atom stereocenters. The van der Waals surface area contributed by atoms with Gasteiger partial charge in [0.05, 0.1) is 12.5 Å². The maximum atomic E-state index is 13.5. The molecular weight excluding hydrogens is 430 g/mol. The summed E-state index contributed by atoms with van der Waals surface area (Å²) in [5, 5.41) is 16.4. The van der Waals surface area contributed by atoms with Crippen molar-refractivity contribution in [2.45, 2.75) is 92.7 Å². The molecule has 1 aromatic carbocycles. The highest BCUT2D eigenvalue weighted by Crippen LogP contribution is 2.30. The third-order valence-electron chi connectivity index (χ3n) is 5.88. The smallest absolute Gasteiger partial charge is 0.243 e. The number of nitrogens with one attached hydrogen (secondary N) is 2. The van der Waals surface area contributed by atoms with Gasteiger partial charge in [0.15, 0.2) is 0 Å². The first-order chi connectivity index (χ1) is 15.6. The number of hydrogen-bond donors (Lipinski definition) is 3. The minimum atomic E-state index is -0.763. The number of rotatable bonds is 13. The average molecular weight is 476 g/mol. The van der Waals surface area contributed by atoms with Gasteiger partial charge in [0.2, 0.25) is 18.2 Å². The molecule has 1 aromatic rings. The highest BCUT2D eigenvalue weighted by atomic mass is 16.5. The third kappa shape index (κ3) is 10.2. The van der Waals surface area contributed by atoms with Crippen LogP contribution in [0.25, 0.3) is 0 Å². The molecule has 0 saturated heterocycles. The standard InChI is InChI=1S/C27H45N3O4/c1-9-15-26(5,6)22(24(33)29-27(7,8)18-25(2,3)4)28-23(32)21(17-30(34)19-31)16-20-13-11-10-12-14-20/h10-14,19,21-22,34H,9,15-18H2,1-8H3,(H,28,32)(H,29,33)/t21?,22-/m1/s1. The van der Waals surface area contributed by atoms with E-state index >= 15 is 0 Å². The predicted octanol–water partition coefficient (Wildman–Crippen LogP) is 4.34. The van der Waals surface area contributed by atoms with Gasteiger partial charge in [0.1, 0.15) is 6.04 Å². The predicted molar refractivity (Wildman–Crippen MR) is 135 cm³/mol. The maximum Gasteiger partial charge on any atom is 0.243 e. The van der Waals surface area contributed by atoms with E-state index in [1.54, 1.807) is 0 Å². The Morgan fingerprint density at radius 1 is 1.03 bits per heavy atom. The summed E-state index contributed by atoms with van der Waals surface area (Å²) in [4.78, 5) is 38.0. The number of benzene rings is 1. The van der Waals surface area contributed by atoms with Crippen LogP contribution >= 0.6 is 0 Å². The Morgan fingerprint density at radius 2 is 1.62 bits per heavy atom. The van der Waals surface area contributed by atoms with E-state index in [-0.39, 0.29) is 30.2 Å². The largest absolute Gasteiger partial charge is 0.349 e. The zero-order valence-electron chi connectivity index (χ0n) is 22.3. The van der Waals surface area contributed by atoms with Gasteiger partial charge in [-0.1, -0.05) is 78.3 Å². The lowest BCUT2D eigenvalue weighted by molar-refractivity contribution is -0.155. The molecule has 0 bridgehead atoms. The molecule has 1 rings (SSSR count). The molecule has 192 valence electrons. The second kappa shape index (κ2) is 12.3. The Balaban J connectivity index is 3.18. The van der Waals surface area contributed by atoms with E-state index in [4.69, 9.17) is 0 Å². The van der Waals surface area contributed by atoms with Crippen LogP contribution in [0.5, 0.6) is 0 Å². The zero-order chi connectivity index (χ0) is 26.2. The average Bonchev–Trinajstić information content (AvgIpc) is 2.69. The van der Waals surface area contributed by atoms with Gasteiger partial charge in [0, 0.05) is 5.54 Å². The van der Waals surface area contributed by atoms with Crippen LogP contribution in [0, 0.1) is 16.7 Å². The van der Waals surface area contributed by atoms with Gasteiger partial charge in [-0.3, -0.25) is 19.6 Å². The summed E-state index contributed by atoms with van der Waals surface area (Å²) in [7, 11) is 0. The fourth-order valence-corrected chi connectivity index (χ4v) is 4.85. The first kappa shape index (κ1) is 29.6. The van der Waals surface area contributed by atoms with Crippen molar-refractivity contribution >= 4 is 18.2 Å². The van der Waals surface area contributed by atoms with E-state index in [0.717, 1.165) is 24.8 Å². The fraction of sp³-hybridized carbons (Fsp3) is 0.667. The molecule has 0 spiro atoms. The van der Waals surface area contributed by atoms with Crippen molar-refractivity contribution in [2.75, 3.05) is 6.54 Å². The van der Waals surface area contributed by atoms with Crippen LogP contribution in [0.3, 0.4) is 0 Å². The first-order valence-electron chi connectivity index (χ1n) is 12.2. The molecule has 0 aliphatic rings. The van der Waals surface area contributed by atoms with Gasteiger partial charge in [-0.05, 0) is 49.5 Å². The quantitative estimate of drug-likeness (QED) is 0.225. The van der Waals surface area contributed by atoms with Gasteiger partial charge in [-0.2, -0.15) is 0 Å². The van der Waals surface area contributed by atoms with Crippen molar-refractivity contribution in [3.63, 3.8) is 0 Å². The molecule has 34 heavy (non-hydrogen) atoms. The monoisotopic (exact) mass is 475 g/mol. The number of hydrogen-bond acceptors (Lipinski definition) is 4. The Kier molecular flexibility index (Phi) is 10.8. The van der Waals surface area contributed by atoms with Crippen LogP contribution in [-0.2, 0) is 20.8 Å². The molecule has 0 fully saturated rings. The summed E-state index contributed by atoms with van der Waals surface area (Å²) in [6.45, 7) is 16.2. The highest BCUT2D eigenvalue weighted by Gasteiger charge is 2.39. The van der Waals surface area contributed by atoms with Gasteiger partial charge in [-0.15, -0.1) is 0 Å². The van der Waals surface area contributed by atoms with Crippen molar-refractivity contribution in [2.24, 2.45) is 16.7 Å². The first-order valence-corrected chi connectivity index (χ1v) is 12.2. The number of amides is 3. The summed E-state index contributed by atoms with van der Waals surface area (Å²) in [5.41, 5.74) is -0.0206. The Bertz CT molecular complexity index is 800. The van der Waals surface area contributed by atoms with Crippen LogP contribution in [0.4, 0.5) is 0 Å². The SMILES string of the molecule is CCCC(C)(C)[C@H](NC(=O)C(Cc1ccccc1)CN(O)C=O)C(=O)NC(C)(C)CC(C)(C)C. The van der Waals surface area contributed by atoms with Crippen LogP contribution in [0.2, 0.25) is 0 Å². The lowest BCUT2D eigenvalue weighted by Crippen LogP contribution is -2.60. The molecule has 7 nitrogen and oxygen atoms in total. The molecule has 0 aliphatic carbocycles. The molecule has 3 N–H and O–H groups in total. The van der Waals surface area contributed by atoms with Gasteiger partial charge >= 0.3 is 0 Å². The summed E-state index contributed by atoms with van der Waals surface area (Å²) >= 11 is 0. The number of nitrogens with zero attached hydrogens (tertiary/aromatic N) is 1. The minimum absolute atomic E-state index is 0.0225. The molecule has 7 heteroatoms. The van der Waals surface area contributed by atoms with Crippen molar-refractivity contribution in [3.8, 4) is 0 Å². The lowest BCUT2D eigenvalue weighted by Gasteiger charge is -2.39. The van der Waals surface area contributed by atoms with Crippen molar-refractivity contribution in [3.05, 3.63) is 35.9 Å². The minimum Gasteiger partial charge on any atom is -0.349 e. The van der Waals surface area contributed by atoms with Crippen molar-refractivity contribution in [1.29, 1.82) is 0 Å². The molecule has 3 amide bonds. The normalized spacial score (nSPS) is 14.1. The van der Waals surface area contributed by atoms with Crippen LogP contribution < -0.4 is 10.6 Å². The molecule has 0 heterocycles. The topological polar surface area (TPSA) is 98.7 Å². The Morgan fingerprint density at radius 3 is 2.12 bits per heavy atom. The highest BCUT2D eigenvalue weighted by molar-refractivity contribution is 5.89. The molecular formula is C27H45N3O4. The van der Waals surface area contributed by atoms with Gasteiger partial charge in [-0.25, -0.2) is 5.06 Å². The second-order valence-electron chi connectivity index (χ2n) is 11.9. The Hall–Kier alpha value is -2.41. The van der Waals surface area contributed by atoms with Gasteiger partial charge in [0.25, 0.3) is 0 Å². The van der Waals surface area contributed by atoms with E-state index in [9.17, 15) is 19.6 Å². The van der Waals surface area contributed by atoms with E-state index in [2.05, 4.69) is 31.4 Å². The number of carbonyl (C=O) groups is 3. The van der Waals surface area contributed by atoms with E-state index in [1.807, 2.05) is 65.0 Å². The summed E-state index contributed by atoms with van der Waals surface area (Å²) in [6.07, 6.45) is 2.99. The van der Waals surface area contributed by atoms with E-state index in [1.165, 1.54) is 0 Å².